The largest absolute Gasteiger partial charge is 0.606 e. The van der Waals surface area contributed by atoms with Gasteiger partial charge in [0.2, 0.25) is 0 Å². The van der Waals surface area contributed by atoms with Crippen LogP contribution in [0.25, 0.3) is 0 Å². The van der Waals surface area contributed by atoms with Gasteiger partial charge >= 0.3 is 11.9 Å². The second kappa shape index (κ2) is 21.5. The molecule has 0 radical (unpaired) electrons. The molecule has 0 spiro atoms. The number of carboxylic acid groups (broad SMARTS) is 2. The normalized spacial score (nSPS) is 10.7. The predicted molar refractivity (Wildman–Crippen MR) is 168 cm³/mol. The van der Waals surface area contributed by atoms with Crippen LogP contribution in [0.5, 0.6) is 0 Å². The van der Waals surface area contributed by atoms with Crippen molar-refractivity contribution >= 4 is 23.1 Å². The molecule has 0 saturated carbocycles. The van der Waals surface area contributed by atoms with Gasteiger partial charge in [0.25, 0.3) is 0 Å². The van der Waals surface area contributed by atoms with E-state index >= 15 is 0 Å². The Kier molecular flexibility index (Phi) is 18.0. The molecule has 1 aromatic heterocycles. The van der Waals surface area contributed by atoms with Gasteiger partial charge in [0, 0.05) is 29.7 Å². The van der Waals surface area contributed by atoms with E-state index in [2.05, 4.69) is 42.1 Å². The summed E-state index contributed by atoms with van der Waals surface area (Å²) in [6, 6.07) is 17.7. The number of rotatable bonds is 19. The number of carboxylic acids is 2. The third kappa shape index (κ3) is 14.6. The maximum Gasteiger partial charge on any atom is 0.335 e. The number of carbonyl (C=O) groups is 2. The first-order valence-corrected chi connectivity index (χ1v) is 16.6. The van der Waals surface area contributed by atoms with Crippen LogP contribution in [0.15, 0.2) is 88.9 Å². The van der Waals surface area contributed by atoms with Gasteiger partial charge in [-0.05, 0) is 55.0 Å². The molecule has 3 rings (SSSR count). The average Bonchev–Trinajstić information content (AvgIpc) is 3.02. The summed E-state index contributed by atoms with van der Waals surface area (Å²) in [6.07, 6.45) is 24.4. The zero-order valence-corrected chi connectivity index (χ0v) is 25.9. The van der Waals surface area contributed by atoms with Crippen LogP contribution >= 0.6 is 0 Å². The van der Waals surface area contributed by atoms with Crippen molar-refractivity contribution in [3.63, 3.8) is 0 Å². The molecule has 2 aromatic carbocycles. The molecule has 0 atom stereocenters. The van der Waals surface area contributed by atoms with E-state index in [0.29, 0.717) is 9.79 Å². The number of hydrogen-bond donors (Lipinski definition) is 2. The predicted octanol–water partition coefficient (Wildman–Crippen LogP) is 8.71. The minimum Gasteiger partial charge on any atom is -0.606 e. The topological polar surface area (TPSA) is 102 Å². The highest BCUT2D eigenvalue weighted by atomic mass is 32.2. The number of benzene rings is 2. The fraction of sp³-hybridized carbons (Fsp3) is 0.457. The summed E-state index contributed by atoms with van der Waals surface area (Å²) >= 11 is -1.48. The molecule has 0 unspecified atom stereocenters. The van der Waals surface area contributed by atoms with Crippen molar-refractivity contribution in [2.45, 2.75) is 113 Å². The van der Waals surface area contributed by atoms with Crippen LogP contribution in [0.3, 0.4) is 0 Å². The first-order valence-electron chi connectivity index (χ1n) is 15.4. The van der Waals surface area contributed by atoms with Crippen molar-refractivity contribution in [3.8, 4) is 0 Å². The lowest BCUT2D eigenvalue weighted by Crippen LogP contribution is -2.32. The molecule has 1 heterocycles. The van der Waals surface area contributed by atoms with Crippen molar-refractivity contribution in [2.75, 3.05) is 0 Å². The number of aromatic carboxylic acids is 2. The minimum atomic E-state index is -1.48. The zero-order chi connectivity index (χ0) is 30.4. The van der Waals surface area contributed by atoms with Gasteiger partial charge in [0.15, 0.2) is 22.2 Å². The van der Waals surface area contributed by atoms with Crippen LogP contribution in [0.4, 0.5) is 0 Å². The van der Waals surface area contributed by atoms with E-state index in [4.69, 9.17) is 10.2 Å². The highest BCUT2D eigenvalue weighted by molar-refractivity contribution is 7.91. The zero-order valence-electron chi connectivity index (χ0n) is 25.1. The van der Waals surface area contributed by atoms with Crippen LogP contribution in [0.2, 0.25) is 0 Å². The van der Waals surface area contributed by atoms with Crippen molar-refractivity contribution in [3.05, 3.63) is 90.3 Å². The number of aromatic nitrogens is 1. The summed E-state index contributed by atoms with van der Waals surface area (Å²) in [4.78, 5) is 22.4. The van der Waals surface area contributed by atoms with Gasteiger partial charge in [-0.1, -0.05) is 90.0 Å². The first kappa shape index (κ1) is 35.0. The van der Waals surface area contributed by atoms with E-state index < -0.39 is 23.1 Å². The smallest absolute Gasteiger partial charge is 0.335 e. The third-order valence-corrected chi connectivity index (χ3v) is 8.58. The van der Waals surface area contributed by atoms with Crippen molar-refractivity contribution in [2.24, 2.45) is 0 Å². The van der Waals surface area contributed by atoms with Crippen LogP contribution in [-0.2, 0) is 17.7 Å². The fourth-order valence-electron chi connectivity index (χ4n) is 4.65. The monoisotopic (exact) mass is 594 g/mol. The van der Waals surface area contributed by atoms with Gasteiger partial charge in [0.1, 0.15) is 6.54 Å². The summed E-state index contributed by atoms with van der Waals surface area (Å²) in [5.41, 5.74) is 0.235. The standard InChI is InChI=1S/C21H38N.C14H10O5S/c1-2-3-4-5-6-7-8-9-10-11-12-13-14-16-19-22-20-17-15-18-21-22;15-13(16)9-1-5-11(6-2-9)20(19)12-7-3-10(4-8-12)14(17)18/h15,17-18,20-21H,2-14,16,19H2,1H3;1-8H,(H,15,16)(H,17,18)/q+1;. The molecule has 6 nitrogen and oxygen atoms in total. The molecule has 0 bridgehead atoms. The van der Waals surface area contributed by atoms with Crippen molar-refractivity contribution in [1.29, 1.82) is 0 Å². The van der Waals surface area contributed by atoms with Gasteiger partial charge in [-0.3, -0.25) is 0 Å². The Bertz CT molecular complexity index is 1080. The summed E-state index contributed by atoms with van der Waals surface area (Å²) in [5, 5.41) is 17.6. The SMILES string of the molecule is CCCCCCCCCCCCCCCC[n+]1ccccc1.O=C(O)c1ccc([S+]([O-])c2ccc(C(=O)O)cc2)cc1. The van der Waals surface area contributed by atoms with E-state index in [9.17, 15) is 14.1 Å². The summed E-state index contributed by atoms with van der Waals surface area (Å²) in [6.45, 7) is 3.47. The second-order valence-electron chi connectivity index (χ2n) is 10.6. The molecular weight excluding hydrogens is 546 g/mol. The number of nitrogens with zero attached hydrogens (tertiary/aromatic N) is 1. The van der Waals surface area contributed by atoms with E-state index in [1.54, 1.807) is 0 Å². The van der Waals surface area contributed by atoms with Gasteiger partial charge in [0.05, 0.1) is 11.1 Å². The highest BCUT2D eigenvalue weighted by Crippen LogP contribution is 2.21. The molecule has 0 aliphatic rings. The Labute approximate surface area is 255 Å². The molecule has 0 saturated heterocycles. The second-order valence-corrected chi connectivity index (χ2v) is 12.1. The molecule has 7 heteroatoms. The lowest BCUT2D eigenvalue weighted by molar-refractivity contribution is -0.697. The number of unbranched alkanes of at least 4 members (excludes halogenated alkanes) is 13. The molecule has 0 fully saturated rings. The van der Waals surface area contributed by atoms with Gasteiger partial charge < -0.3 is 14.8 Å². The van der Waals surface area contributed by atoms with Crippen LogP contribution in [0.1, 0.15) is 118 Å². The van der Waals surface area contributed by atoms with Gasteiger partial charge in [-0.2, -0.15) is 0 Å². The van der Waals surface area contributed by atoms with Crippen LogP contribution in [0, 0.1) is 0 Å². The highest BCUT2D eigenvalue weighted by Gasteiger charge is 2.16. The van der Waals surface area contributed by atoms with Crippen LogP contribution in [-0.4, -0.2) is 26.7 Å². The summed E-state index contributed by atoms with van der Waals surface area (Å²) in [7, 11) is 0. The lowest BCUT2D eigenvalue weighted by atomic mass is 10.0. The number of pyridine rings is 1. The molecule has 3 aromatic rings. The van der Waals surface area contributed by atoms with E-state index in [0.717, 1.165) is 0 Å². The number of aryl methyl sites for hydroxylation is 1. The molecule has 228 valence electrons. The Hall–Kier alpha value is -3.16. The van der Waals surface area contributed by atoms with E-state index in [-0.39, 0.29) is 11.1 Å². The first-order chi connectivity index (χ1) is 20.4. The molecular formula is C35H48NO5S+. The summed E-state index contributed by atoms with van der Waals surface area (Å²) < 4.78 is 14.5. The molecule has 0 aliphatic heterocycles. The minimum absolute atomic E-state index is 0.118. The Morgan fingerprint density at radius 3 is 1.31 bits per heavy atom. The average molecular weight is 595 g/mol. The maximum absolute atomic E-state index is 12.2. The quantitative estimate of drug-likeness (QED) is 0.0821. The van der Waals surface area contributed by atoms with Crippen LogP contribution < -0.4 is 4.57 Å². The molecule has 2 N–H and O–H groups in total. The van der Waals surface area contributed by atoms with Gasteiger partial charge in [-0.15, -0.1) is 0 Å². The molecule has 0 aliphatic carbocycles. The lowest BCUT2D eigenvalue weighted by Gasteiger charge is -2.10. The number of hydrogen-bond acceptors (Lipinski definition) is 3. The van der Waals surface area contributed by atoms with Crippen molar-refractivity contribution < 1.29 is 28.9 Å². The Morgan fingerprint density at radius 1 is 0.595 bits per heavy atom. The van der Waals surface area contributed by atoms with E-state index in [1.165, 1.54) is 145 Å². The van der Waals surface area contributed by atoms with Gasteiger partial charge in [-0.25, -0.2) is 14.2 Å². The van der Waals surface area contributed by atoms with Crippen molar-refractivity contribution in [1.82, 2.24) is 0 Å². The maximum atomic E-state index is 12.2. The fourth-order valence-corrected chi connectivity index (χ4v) is 5.69. The Morgan fingerprint density at radius 2 is 0.952 bits per heavy atom. The Balaban J connectivity index is 0.000000294. The third-order valence-electron chi connectivity index (χ3n) is 7.18. The van der Waals surface area contributed by atoms with E-state index in [1.807, 2.05) is 0 Å². The summed E-state index contributed by atoms with van der Waals surface area (Å²) in [5.74, 6) is -2.10. The molecule has 42 heavy (non-hydrogen) atoms. The molecule has 0 amide bonds.